The maximum absolute atomic E-state index is 12.1. The summed E-state index contributed by atoms with van der Waals surface area (Å²) in [6, 6.07) is 1.91. The predicted molar refractivity (Wildman–Crippen MR) is 74.1 cm³/mol. The van der Waals surface area contributed by atoms with E-state index in [1.807, 2.05) is 13.0 Å². The summed E-state index contributed by atoms with van der Waals surface area (Å²) in [6.07, 6.45) is 4.18. The highest BCUT2D eigenvalue weighted by Crippen LogP contribution is 2.32. The first kappa shape index (κ1) is 13.6. The molecule has 2 rings (SSSR count). The Balaban J connectivity index is 2.07. The van der Waals surface area contributed by atoms with E-state index in [-0.39, 0.29) is 18.6 Å². The number of amides is 1. The minimum absolute atomic E-state index is 0.00433. The van der Waals surface area contributed by atoms with Crippen molar-refractivity contribution in [3.8, 4) is 0 Å². The van der Waals surface area contributed by atoms with Crippen LogP contribution in [0.15, 0.2) is 6.07 Å². The third-order valence-electron chi connectivity index (χ3n) is 3.60. The van der Waals surface area contributed by atoms with Crippen LogP contribution >= 0.6 is 11.3 Å². The molecule has 1 aliphatic rings. The van der Waals surface area contributed by atoms with Crippen molar-refractivity contribution < 1.29 is 9.90 Å². The SMILES string of the molecule is CC[C@H](CO)NC(=O)c1cc2c(s1)CCC(C)C2. The van der Waals surface area contributed by atoms with E-state index in [4.69, 9.17) is 5.11 Å². The highest BCUT2D eigenvalue weighted by Gasteiger charge is 2.21. The van der Waals surface area contributed by atoms with Crippen LogP contribution in [-0.4, -0.2) is 23.7 Å². The highest BCUT2D eigenvalue weighted by molar-refractivity contribution is 7.14. The molecule has 1 aliphatic carbocycles. The third kappa shape index (κ3) is 2.93. The lowest BCUT2D eigenvalue weighted by atomic mass is 9.90. The summed E-state index contributed by atoms with van der Waals surface area (Å²) in [5, 5.41) is 12.0. The number of aryl methyl sites for hydroxylation is 1. The zero-order chi connectivity index (χ0) is 13.1. The number of carbonyl (C=O) groups excluding carboxylic acids is 1. The standard InChI is InChI=1S/C14H21NO2S/c1-3-11(8-16)15-14(17)13-7-10-6-9(2)4-5-12(10)18-13/h7,9,11,16H,3-6,8H2,1-2H3,(H,15,17)/t9?,11-/m1/s1. The van der Waals surface area contributed by atoms with Crippen LogP contribution < -0.4 is 5.32 Å². The number of thiophene rings is 1. The summed E-state index contributed by atoms with van der Waals surface area (Å²) in [4.78, 5) is 14.2. The monoisotopic (exact) mass is 267 g/mol. The highest BCUT2D eigenvalue weighted by atomic mass is 32.1. The largest absolute Gasteiger partial charge is 0.394 e. The molecule has 0 spiro atoms. The average Bonchev–Trinajstić information content (AvgIpc) is 2.78. The van der Waals surface area contributed by atoms with Gasteiger partial charge in [0.25, 0.3) is 5.91 Å². The van der Waals surface area contributed by atoms with Crippen molar-refractivity contribution >= 4 is 17.2 Å². The summed E-state index contributed by atoms with van der Waals surface area (Å²) >= 11 is 1.61. The van der Waals surface area contributed by atoms with Gasteiger partial charge in [-0.1, -0.05) is 13.8 Å². The number of aliphatic hydroxyl groups is 1. The molecule has 0 saturated carbocycles. The summed E-state index contributed by atoms with van der Waals surface area (Å²) in [6.45, 7) is 4.23. The fourth-order valence-electron chi connectivity index (χ4n) is 2.35. The van der Waals surface area contributed by atoms with Crippen LogP contribution in [0.25, 0.3) is 0 Å². The molecule has 0 radical (unpaired) electrons. The molecule has 0 aliphatic heterocycles. The Kier molecular flexibility index (Phi) is 4.40. The number of rotatable bonds is 4. The smallest absolute Gasteiger partial charge is 0.261 e. The molecule has 2 N–H and O–H groups in total. The molecule has 1 aromatic heterocycles. The molecule has 0 aromatic carbocycles. The first-order valence-corrected chi connectivity index (χ1v) is 7.49. The summed E-state index contributed by atoms with van der Waals surface area (Å²) < 4.78 is 0. The molecule has 18 heavy (non-hydrogen) atoms. The van der Waals surface area contributed by atoms with Crippen LogP contribution in [-0.2, 0) is 12.8 Å². The number of hydrogen-bond acceptors (Lipinski definition) is 3. The van der Waals surface area contributed by atoms with Gasteiger partial charge >= 0.3 is 0 Å². The van der Waals surface area contributed by atoms with Crippen LogP contribution in [0.4, 0.5) is 0 Å². The molecule has 100 valence electrons. The van der Waals surface area contributed by atoms with Gasteiger partial charge in [0.2, 0.25) is 0 Å². The molecule has 1 amide bonds. The Morgan fingerprint density at radius 3 is 3.11 bits per heavy atom. The maximum atomic E-state index is 12.1. The van der Waals surface area contributed by atoms with Crippen LogP contribution in [0.3, 0.4) is 0 Å². The molecule has 1 heterocycles. The van der Waals surface area contributed by atoms with Crippen molar-refractivity contribution in [1.82, 2.24) is 5.32 Å². The second-order valence-corrected chi connectivity index (χ2v) is 6.30. The van der Waals surface area contributed by atoms with E-state index in [0.717, 1.165) is 30.1 Å². The van der Waals surface area contributed by atoms with Gasteiger partial charge in [0.15, 0.2) is 0 Å². The lowest BCUT2D eigenvalue weighted by Gasteiger charge is -2.16. The van der Waals surface area contributed by atoms with E-state index >= 15 is 0 Å². The van der Waals surface area contributed by atoms with Crippen LogP contribution in [0.5, 0.6) is 0 Å². The number of hydrogen-bond donors (Lipinski definition) is 2. The molecular formula is C14H21NO2S. The van der Waals surface area contributed by atoms with E-state index in [0.29, 0.717) is 0 Å². The van der Waals surface area contributed by atoms with Crippen molar-refractivity contribution in [2.24, 2.45) is 5.92 Å². The van der Waals surface area contributed by atoms with E-state index in [1.165, 1.54) is 16.9 Å². The Morgan fingerprint density at radius 1 is 1.67 bits per heavy atom. The summed E-state index contributed by atoms with van der Waals surface area (Å²) in [5.41, 5.74) is 1.35. The minimum Gasteiger partial charge on any atom is -0.394 e. The summed E-state index contributed by atoms with van der Waals surface area (Å²) in [5.74, 6) is 0.687. The topological polar surface area (TPSA) is 49.3 Å². The third-order valence-corrected chi connectivity index (χ3v) is 4.84. The Morgan fingerprint density at radius 2 is 2.44 bits per heavy atom. The molecule has 0 fully saturated rings. The molecule has 2 atom stereocenters. The molecular weight excluding hydrogens is 246 g/mol. The van der Waals surface area contributed by atoms with Gasteiger partial charge in [-0.05, 0) is 43.2 Å². The maximum Gasteiger partial charge on any atom is 0.261 e. The minimum atomic E-state index is -0.129. The number of aliphatic hydroxyl groups excluding tert-OH is 1. The number of nitrogens with one attached hydrogen (secondary N) is 1. The quantitative estimate of drug-likeness (QED) is 0.880. The zero-order valence-electron chi connectivity index (χ0n) is 11.0. The molecule has 4 heteroatoms. The summed E-state index contributed by atoms with van der Waals surface area (Å²) in [7, 11) is 0. The molecule has 1 aromatic rings. The van der Waals surface area contributed by atoms with Gasteiger partial charge in [-0.15, -0.1) is 11.3 Å². The Hall–Kier alpha value is -0.870. The van der Waals surface area contributed by atoms with Crippen molar-refractivity contribution in [2.45, 2.75) is 45.6 Å². The molecule has 0 saturated heterocycles. The van der Waals surface area contributed by atoms with Crippen molar-refractivity contribution in [3.63, 3.8) is 0 Å². The fraction of sp³-hybridized carbons (Fsp3) is 0.643. The van der Waals surface area contributed by atoms with Gasteiger partial charge < -0.3 is 10.4 Å². The van der Waals surface area contributed by atoms with E-state index in [1.54, 1.807) is 11.3 Å². The van der Waals surface area contributed by atoms with Gasteiger partial charge in [-0.2, -0.15) is 0 Å². The van der Waals surface area contributed by atoms with E-state index in [9.17, 15) is 4.79 Å². The molecule has 1 unspecified atom stereocenters. The second-order valence-electron chi connectivity index (χ2n) is 5.17. The molecule has 0 bridgehead atoms. The zero-order valence-corrected chi connectivity index (χ0v) is 11.8. The number of fused-ring (bicyclic) bond motifs is 1. The van der Waals surface area contributed by atoms with Crippen LogP contribution in [0, 0.1) is 5.92 Å². The first-order valence-electron chi connectivity index (χ1n) is 6.67. The van der Waals surface area contributed by atoms with Crippen molar-refractivity contribution in [2.75, 3.05) is 6.61 Å². The van der Waals surface area contributed by atoms with Crippen LogP contribution in [0.1, 0.15) is 46.8 Å². The van der Waals surface area contributed by atoms with Gasteiger partial charge in [-0.3, -0.25) is 4.79 Å². The first-order chi connectivity index (χ1) is 8.63. The molecule has 3 nitrogen and oxygen atoms in total. The average molecular weight is 267 g/mol. The Bertz CT molecular complexity index is 423. The van der Waals surface area contributed by atoms with E-state index < -0.39 is 0 Å². The van der Waals surface area contributed by atoms with Gasteiger partial charge in [0.05, 0.1) is 17.5 Å². The lowest BCUT2D eigenvalue weighted by molar-refractivity contribution is 0.0919. The van der Waals surface area contributed by atoms with Gasteiger partial charge in [0, 0.05) is 4.88 Å². The van der Waals surface area contributed by atoms with Gasteiger partial charge in [0.1, 0.15) is 0 Å². The van der Waals surface area contributed by atoms with Crippen molar-refractivity contribution in [1.29, 1.82) is 0 Å². The fourth-order valence-corrected chi connectivity index (χ4v) is 3.46. The Labute approximate surface area is 112 Å². The number of carbonyl (C=O) groups is 1. The lowest BCUT2D eigenvalue weighted by Crippen LogP contribution is -2.36. The predicted octanol–water partition coefficient (Wildman–Crippen LogP) is 2.37. The van der Waals surface area contributed by atoms with Crippen LogP contribution in [0.2, 0.25) is 0 Å². The van der Waals surface area contributed by atoms with Crippen molar-refractivity contribution in [3.05, 3.63) is 21.4 Å². The van der Waals surface area contributed by atoms with Gasteiger partial charge in [-0.25, -0.2) is 0 Å². The normalized spacial score (nSPS) is 20.3. The van der Waals surface area contributed by atoms with E-state index in [2.05, 4.69) is 12.2 Å². The second kappa shape index (κ2) is 5.85.